The van der Waals surface area contributed by atoms with Gasteiger partial charge >= 0.3 is 6.09 Å². The third kappa shape index (κ3) is 5.66. The number of nitrogens with zero attached hydrogens (tertiary/aromatic N) is 1. The molecule has 0 aromatic heterocycles. The van der Waals surface area contributed by atoms with E-state index < -0.39 is 24.1 Å². The molecule has 3 aromatic rings. The van der Waals surface area contributed by atoms with Gasteiger partial charge in [-0.2, -0.15) is 0 Å². The highest BCUT2D eigenvalue weighted by atomic mass is 19.1. The molecule has 1 aliphatic heterocycles. The minimum Gasteiger partial charge on any atom is -0.483 e. The zero-order valence-corrected chi connectivity index (χ0v) is 20.5. The van der Waals surface area contributed by atoms with Crippen molar-refractivity contribution >= 4 is 17.7 Å². The first-order chi connectivity index (χ1) is 17.4. The fraction of sp³-hybridized carbons (Fsp3) is 0.286. The number of hydrogen-bond donors (Lipinski definition) is 1. The minimum atomic E-state index is -0.782. The molecule has 2 unspecified atom stereocenters. The lowest BCUT2D eigenvalue weighted by molar-refractivity contribution is 0.0323. The summed E-state index contributed by atoms with van der Waals surface area (Å²) in [7, 11) is 1.53. The summed E-state index contributed by atoms with van der Waals surface area (Å²) in [6.07, 6.45) is -1.81. The van der Waals surface area contributed by atoms with Gasteiger partial charge in [0.2, 0.25) is 0 Å². The third-order valence-electron chi connectivity index (χ3n) is 6.19. The summed E-state index contributed by atoms with van der Waals surface area (Å²) in [4.78, 5) is 27.1. The second-order valence-electron chi connectivity index (χ2n) is 8.71. The highest BCUT2D eigenvalue weighted by Gasteiger charge is 2.38. The summed E-state index contributed by atoms with van der Waals surface area (Å²) in [5.74, 6) is -0.899. The molecule has 0 spiro atoms. The molecule has 4 rings (SSSR count). The number of amides is 2. The molecule has 3 aromatic carbocycles. The zero-order valence-electron chi connectivity index (χ0n) is 20.5. The monoisotopic (exact) mass is 492 g/mol. The summed E-state index contributed by atoms with van der Waals surface area (Å²) >= 11 is 0. The molecule has 36 heavy (non-hydrogen) atoms. The SMILES string of the molecule is COC1CN(C(=O)c2c(C)cccc2C)CC1Oc1cccc(NC(=O)OCc2ccccc2)c1F. The largest absolute Gasteiger partial charge is 0.483 e. The standard InChI is InChI=1S/C28H29FN2O5/c1-18-9-7-10-19(2)25(18)27(32)31-15-23(34-3)24(16-31)36-22-14-8-13-21(26(22)29)30-28(33)35-17-20-11-5-4-6-12-20/h4-14,23-24H,15-17H2,1-3H3,(H,30,33). The van der Waals surface area contributed by atoms with Gasteiger partial charge in [0.1, 0.15) is 18.8 Å². The van der Waals surface area contributed by atoms with Crippen molar-refractivity contribution in [2.75, 3.05) is 25.5 Å². The molecule has 0 aliphatic carbocycles. The van der Waals surface area contributed by atoms with Crippen molar-refractivity contribution < 1.29 is 28.2 Å². The predicted octanol–water partition coefficient (Wildman–Crippen LogP) is 5.11. The summed E-state index contributed by atoms with van der Waals surface area (Å²) in [6, 6.07) is 19.4. The Bertz CT molecular complexity index is 1210. The number of aryl methyl sites for hydroxylation is 2. The molecule has 0 radical (unpaired) electrons. The Hall–Kier alpha value is -3.91. The van der Waals surface area contributed by atoms with Gasteiger partial charge in [0.15, 0.2) is 11.6 Å². The molecule has 0 bridgehead atoms. The van der Waals surface area contributed by atoms with Crippen molar-refractivity contribution in [2.24, 2.45) is 0 Å². The number of ether oxygens (including phenoxy) is 3. The van der Waals surface area contributed by atoms with E-state index in [0.717, 1.165) is 16.7 Å². The van der Waals surface area contributed by atoms with Crippen molar-refractivity contribution in [1.29, 1.82) is 0 Å². The second kappa shape index (κ2) is 11.2. The summed E-state index contributed by atoms with van der Waals surface area (Å²) < 4.78 is 31.9. The Morgan fingerprint density at radius 2 is 1.61 bits per heavy atom. The van der Waals surface area contributed by atoms with E-state index in [9.17, 15) is 9.59 Å². The van der Waals surface area contributed by atoms with E-state index in [-0.39, 0.29) is 30.5 Å². The number of rotatable bonds is 7. The Morgan fingerprint density at radius 1 is 0.944 bits per heavy atom. The number of hydrogen-bond acceptors (Lipinski definition) is 5. The number of anilines is 1. The van der Waals surface area contributed by atoms with Gasteiger partial charge in [0.05, 0.1) is 18.8 Å². The first-order valence-corrected chi connectivity index (χ1v) is 11.7. The molecular formula is C28H29FN2O5. The van der Waals surface area contributed by atoms with Crippen LogP contribution in [0.15, 0.2) is 66.7 Å². The number of carbonyl (C=O) groups excluding carboxylic acids is 2. The molecule has 2 amide bonds. The average Bonchev–Trinajstić information content (AvgIpc) is 3.28. The number of methoxy groups -OCH3 is 1. The smallest absolute Gasteiger partial charge is 0.412 e. The van der Waals surface area contributed by atoms with Gasteiger partial charge in [-0.25, -0.2) is 9.18 Å². The lowest BCUT2D eigenvalue weighted by Crippen LogP contribution is -2.32. The maximum Gasteiger partial charge on any atom is 0.412 e. The quantitative estimate of drug-likeness (QED) is 0.496. The number of benzene rings is 3. The van der Waals surface area contributed by atoms with Gasteiger partial charge in [-0.3, -0.25) is 10.1 Å². The number of carbonyl (C=O) groups is 2. The summed E-state index contributed by atoms with van der Waals surface area (Å²) in [5.41, 5.74) is 3.18. The average molecular weight is 493 g/mol. The molecule has 7 nitrogen and oxygen atoms in total. The van der Waals surface area contributed by atoms with Gasteiger partial charge < -0.3 is 19.1 Å². The highest BCUT2D eigenvalue weighted by molar-refractivity contribution is 5.97. The van der Waals surface area contributed by atoms with Crippen LogP contribution in [0, 0.1) is 19.7 Å². The fourth-order valence-electron chi connectivity index (χ4n) is 4.29. The van der Waals surface area contributed by atoms with Gasteiger partial charge in [-0.05, 0) is 42.7 Å². The number of nitrogens with one attached hydrogen (secondary N) is 1. The normalized spacial score (nSPS) is 17.1. The van der Waals surface area contributed by atoms with E-state index >= 15 is 4.39 Å². The Morgan fingerprint density at radius 3 is 2.31 bits per heavy atom. The lowest BCUT2D eigenvalue weighted by Gasteiger charge is -2.20. The van der Waals surface area contributed by atoms with Crippen LogP contribution >= 0.6 is 0 Å². The van der Waals surface area contributed by atoms with Gasteiger partial charge in [0.25, 0.3) is 5.91 Å². The molecular weight excluding hydrogens is 463 g/mol. The van der Waals surface area contributed by atoms with Crippen molar-refractivity contribution in [3.05, 3.63) is 94.8 Å². The van der Waals surface area contributed by atoms with Gasteiger partial charge in [0, 0.05) is 12.7 Å². The Labute approximate surface area is 209 Å². The maximum atomic E-state index is 15.2. The third-order valence-corrected chi connectivity index (χ3v) is 6.19. The first-order valence-electron chi connectivity index (χ1n) is 11.7. The van der Waals surface area contributed by atoms with Crippen molar-refractivity contribution in [2.45, 2.75) is 32.7 Å². The van der Waals surface area contributed by atoms with E-state index in [0.29, 0.717) is 12.1 Å². The van der Waals surface area contributed by atoms with Crippen molar-refractivity contribution in [1.82, 2.24) is 4.90 Å². The van der Waals surface area contributed by atoms with E-state index in [2.05, 4.69) is 5.32 Å². The van der Waals surface area contributed by atoms with Crippen molar-refractivity contribution in [3.63, 3.8) is 0 Å². The van der Waals surface area contributed by atoms with E-state index in [4.69, 9.17) is 14.2 Å². The second-order valence-corrected chi connectivity index (χ2v) is 8.71. The van der Waals surface area contributed by atoms with Crippen molar-refractivity contribution in [3.8, 4) is 5.75 Å². The van der Waals surface area contributed by atoms with Crippen LogP contribution < -0.4 is 10.1 Å². The van der Waals surface area contributed by atoms with Crippen LogP contribution in [-0.2, 0) is 16.1 Å². The molecule has 1 aliphatic rings. The molecule has 2 atom stereocenters. The molecule has 1 saturated heterocycles. The molecule has 1 N–H and O–H groups in total. The molecule has 1 fully saturated rings. The number of halogens is 1. The van der Waals surface area contributed by atoms with E-state index in [1.165, 1.54) is 19.2 Å². The minimum absolute atomic E-state index is 0.0516. The van der Waals surface area contributed by atoms with Crippen LogP contribution in [0.1, 0.15) is 27.0 Å². The van der Waals surface area contributed by atoms with Crippen LogP contribution in [0.5, 0.6) is 5.75 Å². The van der Waals surface area contributed by atoms with Crippen LogP contribution in [0.4, 0.5) is 14.9 Å². The van der Waals surface area contributed by atoms with E-state index in [1.807, 2.05) is 62.4 Å². The zero-order chi connectivity index (χ0) is 25.7. The van der Waals surface area contributed by atoms with Crippen LogP contribution in [0.25, 0.3) is 0 Å². The highest BCUT2D eigenvalue weighted by Crippen LogP contribution is 2.29. The predicted molar refractivity (Wildman–Crippen MR) is 134 cm³/mol. The molecule has 8 heteroatoms. The molecule has 0 saturated carbocycles. The Kier molecular flexibility index (Phi) is 7.85. The van der Waals surface area contributed by atoms with Crippen LogP contribution in [0.3, 0.4) is 0 Å². The Balaban J connectivity index is 1.42. The lowest BCUT2D eigenvalue weighted by atomic mass is 10.0. The number of likely N-dealkylation sites (tertiary alicyclic amines) is 1. The molecule has 1 heterocycles. The summed E-state index contributed by atoms with van der Waals surface area (Å²) in [6.45, 7) is 4.42. The van der Waals surface area contributed by atoms with Crippen LogP contribution in [0.2, 0.25) is 0 Å². The topological polar surface area (TPSA) is 77.1 Å². The van der Waals surface area contributed by atoms with E-state index in [1.54, 1.807) is 11.0 Å². The van der Waals surface area contributed by atoms with Gasteiger partial charge in [-0.15, -0.1) is 0 Å². The fourth-order valence-corrected chi connectivity index (χ4v) is 4.29. The van der Waals surface area contributed by atoms with Gasteiger partial charge in [-0.1, -0.05) is 54.6 Å². The van der Waals surface area contributed by atoms with Crippen LogP contribution in [-0.4, -0.2) is 49.3 Å². The maximum absolute atomic E-state index is 15.2. The molecule has 188 valence electrons. The first kappa shape index (κ1) is 25.2. The summed E-state index contributed by atoms with van der Waals surface area (Å²) in [5, 5.41) is 2.42.